The third-order valence-electron chi connectivity index (χ3n) is 2.98. The Morgan fingerprint density at radius 1 is 1.06 bits per heavy atom. The quantitative estimate of drug-likeness (QED) is 0.657. The van der Waals surface area contributed by atoms with Gasteiger partial charge in [0.1, 0.15) is 0 Å². The molecule has 0 fully saturated rings. The van der Waals surface area contributed by atoms with Crippen LogP contribution in [0.4, 0.5) is 0 Å². The van der Waals surface area contributed by atoms with Gasteiger partial charge in [0, 0.05) is 16.7 Å². The minimum atomic E-state index is 0.890. The fourth-order valence-electron chi connectivity index (χ4n) is 1.99. The van der Waals surface area contributed by atoms with Crippen molar-refractivity contribution in [3.63, 3.8) is 0 Å². The Morgan fingerprint density at radius 2 is 1.83 bits per heavy atom. The summed E-state index contributed by atoms with van der Waals surface area (Å²) in [5.74, 6) is 0.890. The van der Waals surface area contributed by atoms with E-state index in [0.29, 0.717) is 0 Å². The summed E-state index contributed by atoms with van der Waals surface area (Å²) in [4.78, 5) is 1.25. The summed E-state index contributed by atoms with van der Waals surface area (Å²) >= 11 is 1.74. The van der Waals surface area contributed by atoms with E-state index in [1.54, 1.807) is 11.8 Å². The Labute approximate surface area is 110 Å². The number of hydrogen-bond donors (Lipinski definition) is 0. The molecule has 2 aromatic heterocycles. The molecule has 0 unspecified atom stereocenters. The van der Waals surface area contributed by atoms with Crippen molar-refractivity contribution in [3.8, 4) is 11.4 Å². The number of benzene rings is 1. The Hall–Kier alpha value is -1.81. The van der Waals surface area contributed by atoms with E-state index < -0.39 is 0 Å². The lowest BCUT2D eigenvalue weighted by Crippen LogP contribution is -1.90. The normalized spacial score (nSPS) is 11.0. The molecule has 0 radical (unpaired) electrons. The second kappa shape index (κ2) is 4.46. The van der Waals surface area contributed by atoms with Gasteiger partial charge in [0.15, 0.2) is 11.5 Å². The minimum absolute atomic E-state index is 0.890. The first-order chi connectivity index (χ1) is 8.79. The maximum atomic E-state index is 4.29. The summed E-state index contributed by atoms with van der Waals surface area (Å²) < 4.78 is 2.03. The molecule has 18 heavy (non-hydrogen) atoms. The lowest BCUT2D eigenvalue weighted by Gasteiger charge is -2.02. The van der Waals surface area contributed by atoms with Crippen LogP contribution in [0, 0.1) is 6.92 Å². The molecule has 0 aliphatic rings. The van der Waals surface area contributed by atoms with Crippen molar-refractivity contribution in [2.24, 2.45) is 0 Å². The van der Waals surface area contributed by atoms with E-state index in [-0.39, 0.29) is 0 Å². The number of pyridine rings is 1. The lowest BCUT2D eigenvalue weighted by atomic mass is 10.2. The van der Waals surface area contributed by atoms with Crippen LogP contribution in [0.5, 0.6) is 0 Å². The van der Waals surface area contributed by atoms with Crippen LogP contribution in [0.25, 0.3) is 17.0 Å². The number of aryl methyl sites for hydroxylation is 1. The summed E-state index contributed by atoms with van der Waals surface area (Å²) in [7, 11) is 0. The summed E-state index contributed by atoms with van der Waals surface area (Å²) in [6.07, 6.45) is 4.07. The molecule has 0 aliphatic carbocycles. The molecule has 0 spiro atoms. The predicted molar refractivity (Wildman–Crippen MR) is 74.9 cm³/mol. The van der Waals surface area contributed by atoms with Gasteiger partial charge in [-0.25, -0.2) is 0 Å². The third-order valence-corrected chi connectivity index (χ3v) is 3.72. The average molecular weight is 255 g/mol. The van der Waals surface area contributed by atoms with Gasteiger partial charge in [-0.3, -0.25) is 4.40 Å². The van der Waals surface area contributed by atoms with Crippen LogP contribution in [0.2, 0.25) is 0 Å². The van der Waals surface area contributed by atoms with Crippen molar-refractivity contribution in [1.29, 1.82) is 0 Å². The van der Waals surface area contributed by atoms with Crippen LogP contribution in [-0.4, -0.2) is 20.9 Å². The van der Waals surface area contributed by atoms with Crippen molar-refractivity contribution < 1.29 is 0 Å². The summed E-state index contributed by atoms with van der Waals surface area (Å²) in [6, 6.07) is 12.5. The molecule has 1 aromatic carbocycles. The molecule has 0 aliphatic heterocycles. The van der Waals surface area contributed by atoms with Crippen LogP contribution in [0.3, 0.4) is 0 Å². The minimum Gasteiger partial charge on any atom is -0.282 e. The van der Waals surface area contributed by atoms with Gasteiger partial charge < -0.3 is 0 Å². The Balaban J connectivity index is 2.16. The first kappa shape index (κ1) is 11.3. The van der Waals surface area contributed by atoms with E-state index in [9.17, 15) is 0 Å². The van der Waals surface area contributed by atoms with E-state index in [0.717, 1.165) is 22.6 Å². The standard InChI is InChI=1S/C14H13N3S/c1-10-4-3-9-17-13(10)15-16-14(17)11-5-7-12(18-2)8-6-11/h3-9H,1-2H3. The van der Waals surface area contributed by atoms with Gasteiger partial charge in [0.05, 0.1) is 0 Å². The number of rotatable bonds is 2. The first-order valence-electron chi connectivity index (χ1n) is 5.74. The monoisotopic (exact) mass is 255 g/mol. The molecule has 90 valence electrons. The summed E-state index contributed by atoms with van der Waals surface area (Å²) in [5, 5.41) is 8.53. The molecule has 0 saturated carbocycles. The Bertz CT molecular complexity index is 686. The summed E-state index contributed by atoms with van der Waals surface area (Å²) in [6.45, 7) is 2.05. The van der Waals surface area contributed by atoms with Crippen LogP contribution >= 0.6 is 11.8 Å². The van der Waals surface area contributed by atoms with E-state index in [1.807, 2.05) is 29.7 Å². The molecule has 2 heterocycles. The van der Waals surface area contributed by atoms with E-state index in [2.05, 4.69) is 40.7 Å². The van der Waals surface area contributed by atoms with Crippen LogP contribution in [-0.2, 0) is 0 Å². The highest BCUT2D eigenvalue weighted by atomic mass is 32.2. The molecule has 3 aromatic rings. The Kier molecular flexibility index (Phi) is 2.80. The van der Waals surface area contributed by atoms with Gasteiger partial charge in [-0.1, -0.05) is 18.2 Å². The molecule has 0 N–H and O–H groups in total. The third kappa shape index (κ3) is 1.78. The highest BCUT2D eigenvalue weighted by Gasteiger charge is 2.08. The van der Waals surface area contributed by atoms with E-state index in [4.69, 9.17) is 0 Å². The first-order valence-corrected chi connectivity index (χ1v) is 6.97. The number of nitrogens with zero attached hydrogens (tertiary/aromatic N) is 3. The molecular weight excluding hydrogens is 242 g/mol. The van der Waals surface area contributed by atoms with Crippen molar-refractivity contribution in [3.05, 3.63) is 48.2 Å². The zero-order valence-corrected chi connectivity index (χ0v) is 11.1. The maximum absolute atomic E-state index is 4.29. The molecule has 3 rings (SSSR count). The van der Waals surface area contributed by atoms with Gasteiger partial charge in [-0.15, -0.1) is 22.0 Å². The highest BCUT2D eigenvalue weighted by Crippen LogP contribution is 2.22. The number of thioether (sulfide) groups is 1. The van der Waals surface area contributed by atoms with Gasteiger partial charge in [0.2, 0.25) is 0 Å². The van der Waals surface area contributed by atoms with Crippen molar-refractivity contribution in [2.75, 3.05) is 6.26 Å². The zero-order chi connectivity index (χ0) is 12.5. The zero-order valence-electron chi connectivity index (χ0n) is 10.3. The number of hydrogen-bond acceptors (Lipinski definition) is 3. The van der Waals surface area contributed by atoms with Gasteiger partial charge >= 0.3 is 0 Å². The van der Waals surface area contributed by atoms with Gasteiger partial charge in [-0.05, 0) is 36.9 Å². The molecule has 0 amide bonds. The second-order valence-electron chi connectivity index (χ2n) is 4.14. The number of fused-ring (bicyclic) bond motifs is 1. The topological polar surface area (TPSA) is 30.2 Å². The van der Waals surface area contributed by atoms with Crippen molar-refractivity contribution in [2.45, 2.75) is 11.8 Å². The second-order valence-corrected chi connectivity index (χ2v) is 5.02. The lowest BCUT2D eigenvalue weighted by molar-refractivity contribution is 1.11. The van der Waals surface area contributed by atoms with E-state index in [1.165, 1.54) is 4.90 Å². The molecular formula is C14H13N3S. The molecule has 0 bridgehead atoms. The van der Waals surface area contributed by atoms with Gasteiger partial charge in [0.25, 0.3) is 0 Å². The largest absolute Gasteiger partial charge is 0.282 e. The molecule has 3 nitrogen and oxygen atoms in total. The SMILES string of the molecule is CSc1ccc(-c2nnc3c(C)cccn23)cc1. The average Bonchev–Trinajstić information content (AvgIpc) is 2.84. The maximum Gasteiger partial charge on any atom is 0.168 e. The summed E-state index contributed by atoms with van der Waals surface area (Å²) in [5.41, 5.74) is 3.14. The van der Waals surface area contributed by atoms with Crippen molar-refractivity contribution in [1.82, 2.24) is 14.6 Å². The Morgan fingerprint density at radius 3 is 2.56 bits per heavy atom. The van der Waals surface area contributed by atoms with Crippen LogP contribution < -0.4 is 0 Å². The highest BCUT2D eigenvalue weighted by molar-refractivity contribution is 7.98. The van der Waals surface area contributed by atoms with E-state index >= 15 is 0 Å². The predicted octanol–water partition coefficient (Wildman–Crippen LogP) is 3.43. The molecule has 4 heteroatoms. The fraction of sp³-hybridized carbons (Fsp3) is 0.143. The van der Waals surface area contributed by atoms with Crippen molar-refractivity contribution >= 4 is 17.4 Å². The number of aromatic nitrogens is 3. The molecule has 0 atom stereocenters. The van der Waals surface area contributed by atoms with Gasteiger partial charge in [-0.2, -0.15) is 0 Å². The fourth-order valence-corrected chi connectivity index (χ4v) is 2.39. The molecule has 0 saturated heterocycles. The van der Waals surface area contributed by atoms with Crippen LogP contribution in [0.1, 0.15) is 5.56 Å². The smallest absolute Gasteiger partial charge is 0.168 e. The van der Waals surface area contributed by atoms with Crippen LogP contribution in [0.15, 0.2) is 47.5 Å².